The standard InChI is InChI=1S/C16H21NO2/c1-3-10(2)16(19)15(17)13-8-9-14(18)12-7-5-4-6-11(12)13/h4-10,15-16,18-19H,3,17H2,1-2H3/t10?,15-,16+/m0/s1. The maximum absolute atomic E-state index is 10.3. The minimum Gasteiger partial charge on any atom is -0.507 e. The lowest BCUT2D eigenvalue weighted by atomic mass is 9.89. The molecule has 3 nitrogen and oxygen atoms in total. The summed E-state index contributed by atoms with van der Waals surface area (Å²) in [5, 5.41) is 21.8. The van der Waals surface area contributed by atoms with E-state index in [9.17, 15) is 10.2 Å². The second kappa shape index (κ2) is 5.59. The van der Waals surface area contributed by atoms with Crippen LogP contribution in [0, 0.1) is 5.92 Å². The highest BCUT2D eigenvalue weighted by atomic mass is 16.3. The number of aromatic hydroxyl groups is 1. The van der Waals surface area contributed by atoms with Gasteiger partial charge in [0, 0.05) is 5.39 Å². The summed E-state index contributed by atoms with van der Waals surface area (Å²) in [6, 6.07) is 10.6. The summed E-state index contributed by atoms with van der Waals surface area (Å²) in [5.41, 5.74) is 7.08. The Morgan fingerprint density at radius 1 is 1.11 bits per heavy atom. The van der Waals surface area contributed by atoms with E-state index >= 15 is 0 Å². The van der Waals surface area contributed by atoms with Crippen LogP contribution in [0.2, 0.25) is 0 Å². The van der Waals surface area contributed by atoms with Crippen LogP contribution in [0.5, 0.6) is 5.75 Å². The van der Waals surface area contributed by atoms with Gasteiger partial charge in [0.25, 0.3) is 0 Å². The first-order valence-electron chi connectivity index (χ1n) is 6.70. The molecule has 2 rings (SSSR count). The van der Waals surface area contributed by atoms with Crippen molar-refractivity contribution in [2.75, 3.05) is 0 Å². The fourth-order valence-electron chi connectivity index (χ4n) is 2.38. The molecule has 19 heavy (non-hydrogen) atoms. The predicted molar refractivity (Wildman–Crippen MR) is 78.0 cm³/mol. The third-order valence-electron chi connectivity index (χ3n) is 3.89. The van der Waals surface area contributed by atoms with Crippen LogP contribution in [0.25, 0.3) is 10.8 Å². The third kappa shape index (κ3) is 2.57. The van der Waals surface area contributed by atoms with Crippen molar-refractivity contribution in [1.29, 1.82) is 0 Å². The van der Waals surface area contributed by atoms with Crippen molar-refractivity contribution >= 4 is 10.8 Å². The maximum Gasteiger partial charge on any atom is 0.123 e. The van der Waals surface area contributed by atoms with Crippen LogP contribution in [0.1, 0.15) is 31.9 Å². The minimum absolute atomic E-state index is 0.141. The molecular weight excluding hydrogens is 238 g/mol. The fourth-order valence-corrected chi connectivity index (χ4v) is 2.38. The Labute approximate surface area is 113 Å². The molecule has 1 unspecified atom stereocenters. The van der Waals surface area contributed by atoms with E-state index in [1.54, 1.807) is 12.1 Å². The number of fused-ring (bicyclic) bond motifs is 1. The summed E-state index contributed by atoms with van der Waals surface area (Å²) in [4.78, 5) is 0. The number of aliphatic hydroxyl groups is 1. The zero-order valence-electron chi connectivity index (χ0n) is 11.4. The largest absolute Gasteiger partial charge is 0.507 e. The number of aliphatic hydroxyl groups excluding tert-OH is 1. The molecule has 0 amide bonds. The predicted octanol–water partition coefficient (Wildman–Crippen LogP) is 2.95. The molecule has 2 aromatic rings. The normalized spacial score (nSPS) is 16.2. The third-order valence-corrected chi connectivity index (χ3v) is 3.89. The van der Waals surface area contributed by atoms with Gasteiger partial charge in [0.05, 0.1) is 12.1 Å². The van der Waals surface area contributed by atoms with Crippen LogP contribution in [0.4, 0.5) is 0 Å². The molecule has 0 fully saturated rings. The van der Waals surface area contributed by atoms with Crippen LogP contribution in [0.15, 0.2) is 36.4 Å². The first-order valence-corrected chi connectivity index (χ1v) is 6.70. The molecule has 0 aromatic heterocycles. The minimum atomic E-state index is -0.585. The lowest BCUT2D eigenvalue weighted by molar-refractivity contribution is 0.0884. The van der Waals surface area contributed by atoms with Crippen LogP contribution in [0.3, 0.4) is 0 Å². The van der Waals surface area contributed by atoms with Gasteiger partial charge in [-0.15, -0.1) is 0 Å². The number of hydrogen-bond donors (Lipinski definition) is 3. The molecule has 3 atom stereocenters. The van der Waals surface area contributed by atoms with Crippen LogP contribution in [-0.2, 0) is 0 Å². The van der Waals surface area contributed by atoms with Gasteiger partial charge in [0.1, 0.15) is 5.75 Å². The highest BCUT2D eigenvalue weighted by Gasteiger charge is 2.23. The number of benzene rings is 2. The van der Waals surface area contributed by atoms with E-state index in [1.807, 2.05) is 38.1 Å². The van der Waals surface area contributed by atoms with Gasteiger partial charge in [0.15, 0.2) is 0 Å². The van der Waals surface area contributed by atoms with Crippen molar-refractivity contribution in [3.63, 3.8) is 0 Å². The molecule has 0 radical (unpaired) electrons. The Balaban J connectivity index is 2.48. The summed E-state index contributed by atoms with van der Waals surface area (Å²) in [6.07, 6.45) is 0.295. The Hall–Kier alpha value is -1.58. The highest BCUT2D eigenvalue weighted by molar-refractivity contribution is 5.91. The quantitative estimate of drug-likeness (QED) is 0.791. The number of hydrogen-bond acceptors (Lipinski definition) is 3. The smallest absolute Gasteiger partial charge is 0.123 e. The second-order valence-electron chi connectivity index (χ2n) is 5.12. The highest BCUT2D eigenvalue weighted by Crippen LogP contribution is 2.32. The van der Waals surface area contributed by atoms with Crippen molar-refractivity contribution < 1.29 is 10.2 Å². The van der Waals surface area contributed by atoms with E-state index < -0.39 is 12.1 Å². The lowest BCUT2D eigenvalue weighted by Gasteiger charge is -2.25. The molecule has 4 N–H and O–H groups in total. The fraction of sp³-hybridized carbons (Fsp3) is 0.375. The van der Waals surface area contributed by atoms with Crippen LogP contribution in [-0.4, -0.2) is 16.3 Å². The molecule has 0 saturated heterocycles. The Morgan fingerprint density at radius 3 is 2.37 bits per heavy atom. The van der Waals surface area contributed by atoms with Crippen molar-refractivity contribution in [2.24, 2.45) is 11.7 Å². The molecule has 2 aromatic carbocycles. The molecule has 0 spiro atoms. The molecule has 0 aliphatic rings. The molecule has 0 aliphatic carbocycles. The van der Waals surface area contributed by atoms with Gasteiger partial charge in [-0.3, -0.25) is 0 Å². The molecule has 0 saturated carbocycles. The Kier molecular flexibility index (Phi) is 4.08. The topological polar surface area (TPSA) is 66.5 Å². The van der Waals surface area contributed by atoms with Gasteiger partial charge < -0.3 is 15.9 Å². The maximum atomic E-state index is 10.3. The molecular formula is C16H21NO2. The lowest BCUT2D eigenvalue weighted by Crippen LogP contribution is -2.31. The average Bonchev–Trinajstić information content (AvgIpc) is 2.45. The van der Waals surface area contributed by atoms with Gasteiger partial charge in [-0.25, -0.2) is 0 Å². The average molecular weight is 259 g/mol. The van der Waals surface area contributed by atoms with Gasteiger partial charge >= 0.3 is 0 Å². The van der Waals surface area contributed by atoms with Gasteiger partial charge in [-0.05, 0) is 22.9 Å². The molecule has 0 heterocycles. The van der Waals surface area contributed by atoms with E-state index in [4.69, 9.17) is 5.73 Å². The van der Waals surface area contributed by atoms with Crippen LogP contribution >= 0.6 is 0 Å². The first kappa shape index (κ1) is 13.8. The van der Waals surface area contributed by atoms with Gasteiger partial charge in [0.2, 0.25) is 0 Å². The number of nitrogens with two attached hydrogens (primary N) is 1. The number of phenols is 1. The zero-order chi connectivity index (χ0) is 14.0. The van der Waals surface area contributed by atoms with Crippen molar-refractivity contribution in [2.45, 2.75) is 32.4 Å². The van der Waals surface area contributed by atoms with Crippen LogP contribution < -0.4 is 5.73 Å². The summed E-state index contributed by atoms with van der Waals surface area (Å²) in [5.74, 6) is 0.382. The van der Waals surface area contributed by atoms with Crippen molar-refractivity contribution in [3.8, 4) is 5.75 Å². The van der Waals surface area contributed by atoms with E-state index in [-0.39, 0.29) is 11.7 Å². The summed E-state index contributed by atoms with van der Waals surface area (Å²) >= 11 is 0. The molecule has 0 bridgehead atoms. The van der Waals surface area contributed by atoms with E-state index in [0.717, 1.165) is 22.8 Å². The first-order chi connectivity index (χ1) is 9.06. The van der Waals surface area contributed by atoms with Gasteiger partial charge in [-0.2, -0.15) is 0 Å². The van der Waals surface area contributed by atoms with E-state index in [0.29, 0.717) is 0 Å². The SMILES string of the molecule is CCC(C)[C@@H](O)[C@@H](N)c1ccc(O)c2ccccc12. The molecule has 3 heteroatoms. The summed E-state index contributed by atoms with van der Waals surface area (Å²) in [7, 11) is 0. The van der Waals surface area contributed by atoms with E-state index in [1.165, 1.54) is 0 Å². The Bertz CT molecular complexity index is 568. The summed E-state index contributed by atoms with van der Waals surface area (Å²) < 4.78 is 0. The Morgan fingerprint density at radius 2 is 1.74 bits per heavy atom. The van der Waals surface area contributed by atoms with Gasteiger partial charge in [-0.1, -0.05) is 50.6 Å². The van der Waals surface area contributed by atoms with Crippen molar-refractivity contribution in [3.05, 3.63) is 42.0 Å². The molecule has 102 valence electrons. The summed E-state index contributed by atoms with van der Waals surface area (Å²) in [6.45, 7) is 4.03. The monoisotopic (exact) mass is 259 g/mol. The molecule has 0 aliphatic heterocycles. The van der Waals surface area contributed by atoms with E-state index in [2.05, 4.69) is 0 Å². The number of phenolic OH excluding ortho intramolecular Hbond substituents is 1. The zero-order valence-corrected chi connectivity index (χ0v) is 11.4. The second-order valence-corrected chi connectivity index (χ2v) is 5.12. The number of rotatable bonds is 4. The van der Waals surface area contributed by atoms with Crippen molar-refractivity contribution in [1.82, 2.24) is 0 Å².